The Hall–Kier alpha value is -3.08. The summed E-state index contributed by atoms with van der Waals surface area (Å²) in [7, 11) is 0. The third-order valence-corrected chi connectivity index (χ3v) is 5.04. The van der Waals surface area contributed by atoms with Crippen molar-refractivity contribution >= 4 is 11.7 Å². The molecule has 0 atom stereocenters. The lowest BCUT2D eigenvalue weighted by molar-refractivity contribution is 0.251. The highest BCUT2D eigenvalue weighted by Gasteiger charge is 2.18. The maximum absolute atomic E-state index is 12.2. The molecule has 1 aliphatic carbocycles. The van der Waals surface area contributed by atoms with E-state index in [1.807, 2.05) is 30.8 Å². The third kappa shape index (κ3) is 3.08. The van der Waals surface area contributed by atoms with E-state index in [0.717, 1.165) is 23.5 Å². The number of amides is 2. The van der Waals surface area contributed by atoms with Crippen molar-refractivity contribution < 1.29 is 4.79 Å². The second-order valence-electron chi connectivity index (χ2n) is 6.70. The summed E-state index contributed by atoms with van der Waals surface area (Å²) in [6.45, 7) is 5.28. The highest BCUT2D eigenvalue weighted by Crippen LogP contribution is 2.37. The molecule has 1 aromatic heterocycles. The summed E-state index contributed by atoms with van der Waals surface area (Å²) in [6.07, 6.45) is 2.73. The van der Waals surface area contributed by atoms with Crippen LogP contribution in [-0.2, 0) is 13.0 Å². The molecule has 0 radical (unpaired) electrons. The minimum Gasteiger partial charge on any atom is -0.336 e. The van der Waals surface area contributed by atoms with Gasteiger partial charge in [0, 0.05) is 24.5 Å². The zero-order valence-electron chi connectivity index (χ0n) is 15.0. The van der Waals surface area contributed by atoms with Gasteiger partial charge in [0.15, 0.2) is 0 Å². The predicted molar refractivity (Wildman–Crippen MR) is 103 cm³/mol. The zero-order chi connectivity index (χ0) is 18.1. The zero-order valence-corrected chi connectivity index (χ0v) is 15.0. The quantitative estimate of drug-likeness (QED) is 0.589. The number of carbonyl (C=O) groups is 1. The van der Waals surface area contributed by atoms with Crippen molar-refractivity contribution in [2.45, 2.75) is 26.8 Å². The predicted octanol–water partition coefficient (Wildman–Crippen LogP) is 3.89. The van der Waals surface area contributed by atoms with Crippen LogP contribution in [0.1, 0.15) is 22.5 Å². The Labute approximate surface area is 153 Å². The molecule has 2 N–H and O–H groups in total. The summed E-state index contributed by atoms with van der Waals surface area (Å²) in [5, 5.41) is 5.83. The molecule has 5 nitrogen and oxygen atoms in total. The lowest BCUT2D eigenvalue weighted by Crippen LogP contribution is -2.31. The summed E-state index contributed by atoms with van der Waals surface area (Å²) in [4.78, 5) is 16.4. The van der Waals surface area contributed by atoms with Crippen molar-refractivity contribution in [2.24, 2.45) is 0 Å². The number of nitrogens with one attached hydrogen (secondary N) is 2. The van der Waals surface area contributed by atoms with Gasteiger partial charge in [-0.05, 0) is 54.7 Å². The lowest BCUT2D eigenvalue weighted by Gasteiger charge is -2.10. The van der Waals surface area contributed by atoms with E-state index in [-0.39, 0.29) is 6.03 Å². The summed E-state index contributed by atoms with van der Waals surface area (Å²) in [5.41, 5.74) is 8.13. The third-order valence-electron chi connectivity index (χ3n) is 5.04. The molecule has 1 aliphatic rings. The monoisotopic (exact) mass is 346 g/mol. The molecule has 0 saturated heterocycles. The number of nitrogens with zero attached hydrogens (tertiary/aromatic N) is 2. The largest absolute Gasteiger partial charge is 0.336 e. The van der Waals surface area contributed by atoms with Crippen LogP contribution in [0.5, 0.6) is 0 Å². The first-order valence-corrected chi connectivity index (χ1v) is 8.86. The number of hydrogen-bond acceptors (Lipinski definition) is 2. The number of aromatic nitrogens is 2. The minimum absolute atomic E-state index is 0.185. The number of rotatable bonds is 4. The van der Waals surface area contributed by atoms with Crippen LogP contribution < -0.4 is 10.6 Å². The average molecular weight is 346 g/mol. The van der Waals surface area contributed by atoms with Crippen LogP contribution in [0.4, 0.5) is 10.5 Å². The van der Waals surface area contributed by atoms with E-state index in [9.17, 15) is 4.79 Å². The number of anilines is 1. The topological polar surface area (TPSA) is 59.0 Å². The molecule has 4 rings (SSSR count). The van der Waals surface area contributed by atoms with Crippen molar-refractivity contribution in [3.05, 3.63) is 71.3 Å². The Morgan fingerprint density at radius 3 is 2.73 bits per heavy atom. The maximum Gasteiger partial charge on any atom is 0.319 e. The van der Waals surface area contributed by atoms with Crippen molar-refractivity contribution in [3.8, 4) is 11.1 Å². The van der Waals surface area contributed by atoms with E-state index >= 15 is 0 Å². The summed E-state index contributed by atoms with van der Waals surface area (Å²) >= 11 is 0. The van der Waals surface area contributed by atoms with Gasteiger partial charge in [-0.2, -0.15) is 0 Å². The van der Waals surface area contributed by atoms with Crippen LogP contribution in [0.15, 0.2) is 48.8 Å². The summed E-state index contributed by atoms with van der Waals surface area (Å²) in [6, 6.07) is 14.4. The van der Waals surface area contributed by atoms with Crippen LogP contribution in [0.25, 0.3) is 11.1 Å². The van der Waals surface area contributed by atoms with Gasteiger partial charge in [-0.3, -0.25) is 0 Å². The number of imidazole rings is 1. The van der Waals surface area contributed by atoms with Crippen molar-refractivity contribution in [1.29, 1.82) is 0 Å². The number of carbonyl (C=O) groups excluding carboxylic acids is 1. The second-order valence-corrected chi connectivity index (χ2v) is 6.70. The number of fused-ring (bicyclic) bond motifs is 3. The SMILES string of the molecule is Cc1ncn(CCNC(=O)Nc2ccc3c(c2)Cc2ccccc2-3)c1C. The van der Waals surface area contributed by atoms with Crippen LogP contribution in [0, 0.1) is 13.8 Å². The first kappa shape index (κ1) is 16.4. The normalized spacial score (nSPS) is 11.8. The van der Waals surface area contributed by atoms with Gasteiger partial charge in [-0.1, -0.05) is 30.3 Å². The number of hydrogen-bond donors (Lipinski definition) is 2. The van der Waals surface area contributed by atoms with Gasteiger partial charge in [0.1, 0.15) is 0 Å². The molecule has 2 aromatic carbocycles. The molecular weight excluding hydrogens is 324 g/mol. The first-order chi connectivity index (χ1) is 12.6. The highest BCUT2D eigenvalue weighted by atomic mass is 16.2. The molecular formula is C21H22N4O. The van der Waals surface area contributed by atoms with Crippen molar-refractivity contribution in [2.75, 3.05) is 11.9 Å². The van der Waals surface area contributed by atoms with Gasteiger partial charge < -0.3 is 15.2 Å². The second kappa shape index (κ2) is 6.67. The Morgan fingerprint density at radius 1 is 1.12 bits per heavy atom. The molecule has 0 unspecified atom stereocenters. The molecule has 26 heavy (non-hydrogen) atoms. The van der Waals surface area contributed by atoms with Gasteiger partial charge in [0.2, 0.25) is 0 Å². The molecule has 3 aromatic rings. The summed E-state index contributed by atoms with van der Waals surface area (Å²) < 4.78 is 2.04. The van der Waals surface area contributed by atoms with Crippen LogP contribution in [-0.4, -0.2) is 22.1 Å². The van der Waals surface area contributed by atoms with Crippen molar-refractivity contribution in [1.82, 2.24) is 14.9 Å². The maximum atomic E-state index is 12.2. The van der Waals surface area contributed by atoms with Gasteiger partial charge in [0.25, 0.3) is 0 Å². The van der Waals surface area contributed by atoms with Gasteiger partial charge in [-0.25, -0.2) is 9.78 Å². The molecule has 0 saturated carbocycles. The smallest absolute Gasteiger partial charge is 0.319 e. The van der Waals surface area contributed by atoms with E-state index in [1.54, 1.807) is 0 Å². The molecule has 2 amide bonds. The molecule has 0 bridgehead atoms. The lowest BCUT2D eigenvalue weighted by atomic mass is 10.1. The Morgan fingerprint density at radius 2 is 1.92 bits per heavy atom. The average Bonchev–Trinajstić information content (AvgIpc) is 3.16. The molecule has 0 aliphatic heterocycles. The first-order valence-electron chi connectivity index (χ1n) is 8.86. The molecule has 132 valence electrons. The minimum atomic E-state index is -0.185. The number of benzene rings is 2. The molecule has 5 heteroatoms. The Kier molecular flexibility index (Phi) is 4.21. The molecule has 0 fully saturated rings. The highest BCUT2D eigenvalue weighted by molar-refractivity contribution is 5.90. The fourth-order valence-corrected chi connectivity index (χ4v) is 3.46. The fourth-order valence-electron chi connectivity index (χ4n) is 3.46. The van der Waals surface area contributed by atoms with Crippen LogP contribution >= 0.6 is 0 Å². The van der Waals surface area contributed by atoms with Crippen LogP contribution in [0.3, 0.4) is 0 Å². The van der Waals surface area contributed by atoms with E-state index < -0.39 is 0 Å². The molecule has 0 spiro atoms. The number of urea groups is 1. The standard InChI is InChI=1S/C21H22N4O/c1-14-15(2)25(13-23-14)10-9-22-21(26)24-18-7-8-20-17(12-18)11-16-5-3-4-6-19(16)20/h3-8,12-13H,9-11H2,1-2H3,(H2,22,24,26). The summed E-state index contributed by atoms with van der Waals surface area (Å²) in [5.74, 6) is 0. The van der Waals surface area contributed by atoms with E-state index in [0.29, 0.717) is 13.1 Å². The van der Waals surface area contributed by atoms with Gasteiger partial charge in [0.05, 0.1) is 12.0 Å². The van der Waals surface area contributed by atoms with E-state index in [1.165, 1.54) is 22.3 Å². The van der Waals surface area contributed by atoms with Gasteiger partial charge >= 0.3 is 6.03 Å². The number of aryl methyl sites for hydroxylation is 1. The van der Waals surface area contributed by atoms with Gasteiger partial charge in [-0.15, -0.1) is 0 Å². The fraction of sp³-hybridized carbons (Fsp3) is 0.238. The molecule has 1 heterocycles. The van der Waals surface area contributed by atoms with E-state index in [4.69, 9.17) is 0 Å². The Bertz CT molecular complexity index is 974. The van der Waals surface area contributed by atoms with Crippen LogP contribution in [0.2, 0.25) is 0 Å². The van der Waals surface area contributed by atoms with Crippen molar-refractivity contribution in [3.63, 3.8) is 0 Å². The Balaban J connectivity index is 1.35. The van der Waals surface area contributed by atoms with E-state index in [2.05, 4.69) is 52.0 Å².